The smallest absolute Gasteiger partial charge is 0.271 e. The molecule has 0 radical (unpaired) electrons. The van der Waals surface area contributed by atoms with E-state index in [1.54, 1.807) is 6.07 Å². The molecule has 0 amide bonds. The van der Waals surface area contributed by atoms with Gasteiger partial charge in [-0.1, -0.05) is 0 Å². The molecule has 4 N–H and O–H groups in total. The largest absolute Gasteiger partial charge is 0.397 e. The monoisotopic (exact) mass is 163 g/mol. The minimum absolute atomic E-state index is 0.125. The lowest BCUT2D eigenvalue weighted by Crippen LogP contribution is -1.97. The summed E-state index contributed by atoms with van der Waals surface area (Å²) in [6.07, 6.45) is 0. The molecule has 0 aliphatic heterocycles. The van der Waals surface area contributed by atoms with Crippen molar-refractivity contribution < 1.29 is 0 Å². The standard InChI is InChI=1S/C8H9N3O/c1-4-2-5-7(6(9)3-4)10-11-8(5)12/h2-3H,9H2,1H3,(H2,10,11,12). The van der Waals surface area contributed by atoms with Crippen molar-refractivity contribution in [3.63, 3.8) is 0 Å². The summed E-state index contributed by atoms with van der Waals surface area (Å²) in [5, 5.41) is 5.82. The topological polar surface area (TPSA) is 74.7 Å². The Labute approximate surface area is 68.4 Å². The van der Waals surface area contributed by atoms with Crippen molar-refractivity contribution in [1.82, 2.24) is 10.2 Å². The Kier molecular flexibility index (Phi) is 1.24. The van der Waals surface area contributed by atoms with Gasteiger partial charge < -0.3 is 5.73 Å². The second-order valence-electron chi connectivity index (χ2n) is 2.86. The van der Waals surface area contributed by atoms with Crippen molar-refractivity contribution in [2.45, 2.75) is 6.92 Å². The number of fused-ring (bicyclic) bond motifs is 1. The van der Waals surface area contributed by atoms with Crippen LogP contribution in [-0.4, -0.2) is 10.2 Å². The molecule has 4 nitrogen and oxygen atoms in total. The SMILES string of the molecule is Cc1cc(N)c2[nH][nH]c(=O)c2c1. The van der Waals surface area contributed by atoms with Crippen LogP contribution < -0.4 is 11.3 Å². The van der Waals surface area contributed by atoms with E-state index >= 15 is 0 Å². The van der Waals surface area contributed by atoms with Crippen LogP contribution in [0.5, 0.6) is 0 Å². The molecule has 0 saturated carbocycles. The van der Waals surface area contributed by atoms with Gasteiger partial charge in [0.05, 0.1) is 16.6 Å². The summed E-state index contributed by atoms with van der Waals surface area (Å²) in [5.74, 6) is 0. The number of rotatable bonds is 0. The van der Waals surface area contributed by atoms with E-state index in [9.17, 15) is 4.79 Å². The Morgan fingerprint density at radius 2 is 2.08 bits per heavy atom. The summed E-state index contributed by atoms with van der Waals surface area (Å²) in [6.45, 7) is 1.90. The van der Waals surface area contributed by atoms with Gasteiger partial charge >= 0.3 is 0 Å². The highest BCUT2D eigenvalue weighted by molar-refractivity contribution is 5.89. The molecular weight excluding hydrogens is 154 g/mol. The maximum absolute atomic E-state index is 11.1. The van der Waals surface area contributed by atoms with Gasteiger partial charge in [0.25, 0.3) is 5.56 Å². The Morgan fingerprint density at radius 3 is 2.83 bits per heavy atom. The summed E-state index contributed by atoms with van der Waals surface area (Å²) in [5.41, 5.74) is 7.83. The van der Waals surface area contributed by atoms with Gasteiger partial charge in [-0.25, -0.2) is 0 Å². The van der Waals surface area contributed by atoms with Crippen LogP contribution >= 0.6 is 0 Å². The fourth-order valence-electron chi connectivity index (χ4n) is 1.32. The molecule has 0 saturated heterocycles. The Balaban J connectivity index is 3.02. The summed E-state index contributed by atoms with van der Waals surface area (Å²) in [4.78, 5) is 11.1. The highest BCUT2D eigenvalue weighted by Gasteiger charge is 2.03. The molecule has 0 unspecified atom stereocenters. The van der Waals surface area contributed by atoms with Crippen LogP contribution in [0.15, 0.2) is 16.9 Å². The minimum Gasteiger partial charge on any atom is -0.397 e. The zero-order valence-electron chi connectivity index (χ0n) is 6.64. The third kappa shape index (κ3) is 0.812. The molecule has 1 aromatic heterocycles. The number of aromatic amines is 2. The number of aromatic nitrogens is 2. The van der Waals surface area contributed by atoms with Crippen LogP contribution in [0.2, 0.25) is 0 Å². The lowest BCUT2D eigenvalue weighted by molar-refractivity contribution is 1.08. The predicted molar refractivity (Wildman–Crippen MR) is 48.1 cm³/mol. The summed E-state index contributed by atoms with van der Waals surface area (Å²) >= 11 is 0. The van der Waals surface area contributed by atoms with Gasteiger partial charge in [-0.3, -0.25) is 15.0 Å². The first kappa shape index (κ1) is 6.97. The fraction of sp³-hybridized carbons (Fsp3) is 0.125. The molecule has 0 bridgehead atoms. The highest BCUT2D eigenvalue weighted by Crippen LogP contribution is 2.16. The Hall–Kier alpha value is -1.71. The number of benzene rings is 1. The molecule has 2 rings (SSSR count). The summed E-state index contributed by atoms with van der Waals surface area (Å²) in [7, 11) is 0. The number of H-pyrrole nitrogens is 2. The van der Waals surface area contributed by atoms with Gasteiger partial charge in [-0.15, -0.1) is 0 Å². The van der Waals surface area contributed by atoms with Crippen molar-refractivity contribution in [1.29, 1.82) is 0 Å². The Bertz CT molecular complexity index is 480. The van der Waals surface area contributed by atoms with E-state index in [-0.39, 0.29) is 5.56 Å². The van der Waals surface area contributed by atoms with Crippen molar-refractivity contribution in [2.75, 3.05) is 5.73 Å². The van der Waals surface area contributed by atoms with Crippen LogP contribution in [0.25, 0.3) is 10.9 Å². The number of nitrogen functional groups attached to an aromatic ring is 1. The molecule has 0 spiro atoms. The lowest BCUT2D eigenvalue weighted by Gasteiger charge is -1.96. The van der Waals surface area contributed by atoms with E-state index in [0.29, 0.717) is 16.6 Å². The quantitative estimate of drug-likeness (QED) is 0.501. The molecule has 0 atom stereocenters. The van der Waals surface area contributed by atoms with Gasteiger partial charge in [0.2, 0.25) is 0 Å². The first-order valence-electron chi connectivity index (χ1n) is 3.65. The van der Waals surface area contributed by atoms with E-state index in [1.807, 2.05) is 13.0 Å². The molecule has 2 aromatic rings. The van der Waals surface area contributed by atoms with Crippen molar-refractivity contribution in [3.8, 4) is 0 Å². The summed E-state index contributed by atoms with van der Waals surface area (Å²) < 4.78 is 0. The van der Waals surface area contributed by atoms with Crippen molar-refractivity contribution in [3.05, 3.63) is 28.0 Å². The van der Waals surface area contributed by atoms with Crippen molar-refractivity contribution in [2.24, 2.45) is 0 Å². The van der Waals surface area contributed by atoms with E-state index in [2.05, 4.69) is 10.2 Å². The van der Waals surface area contributed by atoms with Gasteiger partial charge in [-0.2, -0.15) is 0 Å². The van der Waals surface area contributed by atoms with Crippen LogP contribution in [-0.2, 0) is 0 Å². The van der Waals surface area contributed by atoms with E-state index < -0.39 is 0 Å². The number of anilines is 1. The maximum atomic E-state index is 11.1. The third-order valence-corrected chi connectivity index (χ3v) is 1.86. The highest BCUT2D eigenvalue weighted by atomic mass is 16.1. The van der Waals surface area contributed by atoms with Gasteiger partial charge in [-0.05, 0) is 24.6 Å². The van der Waals surface area contributed by atoms with E-state index in [1.165, 1.54) is 0 Å². The fourth-order valence-corrected chi connectivity index (χ4v) is 1.32. The molecule has 62 valence electrons. The number of nitrogens with two attached hydrogens (primary N) is 1. The van der Waals surface area contributed by atoms with Crippen LogP contribution in [0.1, 0.15) is 5.56 Å². The lowest BCUT2D eigenvalue weighted by atomic mass is 10.1. The average molecular weight is 163 g/mol. The third-order valence-electron chi connectivity index (χ3n) is 1.86. The predicted octanol–water partition coefficient (Wildman–Crippen LogP) is 0.747. The zero-order valence-corrected chi connectivity index (χ0v) is 6.64. The first-order chi connectivity index (χ1) is 5.68. The molecule has 0 aliphatic carbocycles. The molecule has 1 aromatic carbocycles. The molecule has 12 heavy (non-hydrogen) atoms. The second kappa shape index (κ2) is 2.14. The maximum Gasteiger partial charge on any atom is 0.271 e. The number of hydrogen-bond donors (Lipinski definition) is 3. The van der Waals surface area contributed by atoms with Crippen LogP contribution in [0.4, 0.5) is 5.69 Å². The van der Waals surface area contributed by atoms with E-state index in [0.717, 1.165) is 5.56 Å². The molecule has 4 heteroatoms. The zero-order chi connectivity index (χ0) is 8.72. The van der Waals surface area contributed by atoms with Gasteiger partial charge in [0.1, 0.15) is 0 Å². The number of aryl methyl sites for hydroxylation is 1. The van der Waals surface area contributed by atoms with Crippen molar-refractivity contribution >= 4 is 16.6 Å². The van der Waals surface area contributed by atoms with Crippen LogP contribution in [0.3, 0.4) is 0 Å². The summed E-state index contributed by atoms with van der Waals surface area (Å²) in [6, 6.07) is 3.63. The molecule has 0 aliphatic rings. The van der Waals surface area contributed by atoms with Gasteiger partial charge in [0, 0.05) is 0 Å². The number of hydrogen-bond acceptors (Lipinski definition) is 2. The van der Waals surface area contributed by atoms with E-state index in [4.69, 9.17) is 5.73 Å². The number of nitrogens with one attached hydrogen (secondary N) is 2. The van der Waals surface area contributed by atoms with Gasteiger partial charge in [0.15, 0.2) is 0 Å². The average Bonchev–Trinajstić information content (AvgIpc) is 2.33. The normalized spacial score (nSPS) is 10.8. The molecular formula is C8H9N3O. The molecule has 0 fully saturated rings. The first-order valence-corrected chi connectivity index (χ1v) is 3.65. The Morgan fingerprint density at radius 1 is 1.33 bits per heavy atom. The minimum atomic E-state index is -0.125. The molecule has 1 heterocycles. The second-order valence-corrected chi connectivity index (χ2v) is 2.86. The van der Waals surface area contributed by atoms with Crippen LogP contribution in [0, 0.1) is 6.92 Å².